The number of carbonyl (C=O) groups is 3. The van der Waals surface area contributed by atoms with E-state index in [-0.39, 0.29) is 35.0 Å². The fourth-order valence-corrected chi connectivity index (χ4v) is 4.07. The van der Waals surface area contributed by atoms with Gasteiger partial charge in [-0.3, -0.25) is 14.9 Å². The Morgan fingerprint density at radius 3 is 2.63 bits per heavy atom. The molecule has 9 heteroatoms. The maximum atomic E-state index is 12.2. The Hall–Kier alpha value is -2.79. The minimum absolute atomic E-state index is 0.0675. The topological polar surface area (TPSA) is 112 Å². The molecule has 160 valence electrons. The predicted molar refractivity (Wildman–Crippen MR) is 111 cm³/mol. The highest BCUT2D eigenvalue weighted by molar-refractivity contribution is 6.33. The zero-order valence-electron chi connectivity index (χ0n) is 17.4. The molecule has 3 rings (SSSR count). The first-order valence-electron chi connectivity index (χ1n) is 9.84. The van der Waals surface area contributed by atoms with E-state index in [0.29, 0.717) is 24.2 Å². The number of nitrogens with zero attached hydrogens (tertiary/aromatic N) is 2. The van der Waals surface area contributed by atoms with E-state index in [4.69, 9.17) is 16.3 Å². The second-order valence-electron chi connectivity index (χ2n) is 8.62. The highest BCUT2D eigenvalue weighted by atomic mass is 35.5. The first kappa shape index (κ1) is 21.9. The van der Waals surface area contributed by atoms with Gasteiger partial charge in [0.2, 0.25) is 11.8 Å². The van der Waals surface area contributed by atoms with Crippen LogP contribution in [0.5, 0.6) is 0 Å². The lowest BCUT2D eigenvalue weighted by atomic mass is 9.88. The van der Waals surface area contributed by atoms with Crippen LogP contribution in [-0.4, -0.2) is 42.1 Å². The number of piperidine rings is 1. The molecule has 0 saturated carbocycles. The molecule has 0 aliphatic carbocycles. The molecule has 2 fully saturated rings. The van der Waals surface area contributed by atoms with E-state index in [1.54, 1.807) is 32.9 Å². The molecule has 30 heavy (non-hydrogen) atoms. The van der Waals surface area contributed by atoms with E-state index in [9.17, 15) is 19.6 Å². The van der Waals surface area contributed by atoms with Gasteiger partial charge in [0.05, 0.1) is 28.2 Å². The zero-order chi connectivity index (χ0) is 22.2. The third kappa shape index (κ3) is 4.36. The molecular formula is C21H25ClN4O4. The molecule has 2 saturated heterocycles. The minimum Gasteiger partial charge on any atom is -0.444 e. The van der Waals surface area contributed by atoms with Crippen molar-refractivity contribution >= 4 is 35.2 Å². The van der Waals surface area contributed by atoms with Gasteiger partial charge in [-0.2, -0.15) is 5.26 Å². The number of halogens is 1. The van der Waals surface area contributed by atoms with Crippen LogP contribution in [0.25, 0.3) is 0 Å². The molecule has 2 heterocycles. The summed E-state index contributed by atoms with van der Waals surface area (Å²) in [4.78, 5) is 37.6. The zero-order valence-corrected chi connectivity index (χ0v) is 18.2. The Labute approximate surface area is 180 Å². The number of carbonyl (C=O) groups excluding carboxylic acids is 3. The molecule has 3 amide bonds. The molecule has 0 bridgehead atoms. The van der Waals surface area contributed by atoms with Gasteiger partial charge in [-0.25, -0.2) is 4.79 Å². The number of rotatable bonds is 3. The molecule has 2 aliphatic heterocycles. The fraction of sp³-hybridized carbons (Fsp3) is 0.524. The van der Waals surface area contributed by atoms with Crippen molar-refractivity contribution in [3.8, 4) is 6.07 Å². The molecule has 8 nitrogen and oxygen atoms in total. The summed E-state index contributed by atoms with van der Waals surface area (Å²) in [5, 5.41) is 15.1. The quantitative estimate of drug-likeness (QED) is 0.710. The lowest BCUT2D eigenvalue weighted by Crippen LogP contribution is -2.66. The van der Waals surface area contributed by atoms with Crippen LogP contribution in [0, 0.1) is 11.3 Å². The molecule has 3 atom stereocenters. The van der Waals surface area contributed by atoms with E-state index in [0.717, 1.165) is 0 Å². The molecular weight excluding hydrogens is 408 g/mol. The largest absolute Gasteiger partial charge is 0.444 e. The first-order valence-corrected chi connectivity index (χ1v) is 10.2. The van der Waals surface area contributed by atoms with E-state index in [2.05, 4.69) is 16.7 Å². The number of alkyl carbamates (subject to hydrolysis) is 1. The number of nitriles is 1. The number of benzene rings is 1. The van der Waals surface area contributed by atoms with Crippen LogP contribution in [0.2, 0.25) is 5.02 Å². The summed E-state index contributed by atoms with van der Waals surface area (Å²) in [7, 11) is 0. The van der Waals surface area contributed by atoms with Crippen LogP contribution in [0.1, 0.15) is 57.6 Å². The third-order valence-corrected chi connectivity index (χ3v) is 5.76. The van der Waals surface area contributed by atoms with Crippen LogP contribution < -0.4 is 15.5 Å². The Morgan fingerprint density at radius 2 is 2.07 bits per heavy atom. The Kier molecular flexibility index (Phi) is 5.95. The fourth-order valence-electron chi connectivity index (χ4n) is 3.74. The summed E-state index contributed by atoms with van der Waals surface area (Å²) in [6.45, 7) is 7.84. The molecule has 1 unspecified atom stereocenters. The van der Waals surface area contributed by atoms with Crippen molar-refractivity contribution in [2.24, 2.45) is 0 Å². The van der Waals surface area contributed by atoms with Gasteiger partial charge < -0.3 is 15.0 Å². The molecule has 0 aromatic heterocycles. The maximum Gasteiger partial charge on any atom is 0.408 e. The molecule has 1 aromatic rings. The van der Waals surface area contributed by atoms with Crippen LogP contribution in [0.15, 0.2) is 12.1 Å². The number of nitrogens with one attached hydrogen (secondary N) is 2. The summed E-state index contributed by atoms with van der Waals surface area (Å²) < 4.78 is 5.29. The normalized spacial score (nSPS) is 23.9. The lowest BCUT2D eigenvalue weighted by molar-refractivity contribution is -0.134. The molecule has 2 aliphatic rings. The van der Waals surface area contributed by atoms with E-state index < -0.39 is 23.5 Å². The van der Waals surface area contributed by atoms with Gasteiger partial charge in [-0.05, 0) is 45.7 Å². The van der Waals surface area contributed by atoms with Crippen molar-refractivity contribution in [2.45, 2.75) is 64.1 Å². The highest BCUT2D eigenvalue weighted by Crippen LogP contribution is 2.39. The van der Waals surface area contributed by atoms with Crippen molar-refractivity contribution in [1.82, 2.24) is 10.6 Å². The minimum atomic E-state index is -0.579. The Bertz CT molecular complexity index is 934. The van der Waals surface area contributed by atoms with Crippen LogP contribution in [-0.2, 0) is 14.3 Å². The molecule has 1 aromatic carbocycles. The number of hydrogen-bond acceptors (Lipinski definition) is 6. The summed E-state index contributed by atoms with van der Waals surface area (Å²) in [6.07, 6.45) is 0.111. The van der Waals surface area contributed by atoms with E-state index >= 15 is 0 Å². The number of anilines is 1. The Balaban J connectivity index is 1.76. The summed E-state index contributed by atoms with van der Waals surface area (Å²) >= 11 is 6.51. The van der Waals surface area contributed by atoms with E-state index in [1.807, 2.05) is 11.8 Å². The van der Waals surface area contributed by atoms with Gasteiger partial charge in [-0.15, -0.1) is 0 Å². The van der Waals surface area contributed by atoms with Crippen LogP contribution >= 0.6 is 11.6 Å². The van der Waals surface area contributed by atoms with Gasteiger partial charge in [0.15, 0.2) is 0 Å². The maximum absolute atomic E-state index is 12.2. The molecule has 2 N–H and O–H groups in total. The second kappa shape index (κ2) is 8.15. The van der Waals surface area contributed by atoms with Gasteiger partial charge >= 0.3 is 6.09 Å². The van der Waals surface area contributed by atoms with E-state index in [1.165, 1.54) is 0 Å². The third-order valence-electron chi connectivity index (χ3n) is 5.36. The van der Waals surface area contributed by atoms with Gasteiger partial charge in [0.1, 0.15) is 11.7 Å². The average Bonchev–Trinajstić information content (AvgIpc) is 2.63. The second-order valence-corrected chi connectivity index (χ2v) is 9.00. The van der Waals surface area contributed by atoms with Crippen LogP contribution in [0.4, 0.5) is 10.5 Å². The van der Waals surface area contributed by atoms with Gasteiger partial charge in [0.25, 0.3) is 0 Å². The number of ether oxygens (including phenoxy) is 1. The molecule has 0 radical (unpaired) electrons. The van der Waals surface area contributed by atoms with Crippen molar-refractivity contribution < 1.29 is 19.1 Å². The van der Waals surface area contributed by atoms with Crippen molar-refractivity contribution in [3.05, 3.63) is 28.3 Å². The predicted octanol–water partition coefficient (Wildman–Crippen LogP) is 2.83. The van der Waals surface area contributed by atoms with Crippen molar-refractivity contribution in [1.29, 1.82) is 5.26 Å². The van der Waals surface area contributed by atoms with Gasteiger partial charge in [-0.1, -0.05) is 17.7 Å². The standard InChI is InChI=1S/C21H25ClN4O4/c1-11-15(24-20(29)30-21(2,3)4)10-26(11)16-7-5-12(18(22)14(16)9-23)13-6-8-17(27)25-19(13)28/h5,7,11,13,15H,6,8,10H2,1-4H3,(H,24,29)(H,25,27,28)/t11-,13?,15+/m1/s1. The number of amides is 3. The smallest absolute Gasteiger partial charge is 0.408 e. The Morgan fingerprint density at radius 1 is 1.37 bits per heavy atom. The monoisotopic (exact) mass is 432 g/mol. The van der Waals surface area contributed by atoms with Crippen LogP contribution in [0.3, 0.4) is 0 Å². The number of imide groups is 1. The summed E-state index contributed by atoms with van der Waals surface area (Å²) in [6, 6.07) is 5.45. The average molecular weight is 433 g/mol. The summed E-state index contributed by atoms with van der Waals surface area (Å²) in [5.74, 6) is -1.27. The molecule has 0 spiro atoms. The first-order chi connectivity index (χ1) is 14.0. The van der Waals surface area contributed by atoms with Crippen molar-refractivity contribution in [2.75, 3.05) is 11.4 Å². The highest BCUT2D eigenvalue weighted by Gasteiger charge is 2.39. The number of hydrogen-bond donors (Lipinski definition) is 2. The summed E-state index contributed by atoms with van der Waals surface area (Å²) in [5.41, 5.74) is 0.887. The lowest BCUT2D eigenvalue weighted by Gasteiger charge is -2.48. The van der Waals surface area contributed by atoms with Gasteiger partial charge in [0, 0.05) is 19.0 Å². The SMILES string of the molecule is C[C@@H]1[C@@H](NC(=O)OC(C)(C)C)CN1c1ccc(C2CCC(=O)NC2=O)c(Cl)c1C#N. The van der Waals surface area contributed by atoms with Crippen molar-refractivity contribution in [3.63, 3.8) is 0 Å².